The summed E-state index contributed by atoms with van der Waals surface area (Å²) in [5.74, 6) is 0. The van der Waals surface area contributed by atoms with Gasteiger partial charge in [-0.05, 0) is 31.2 Å². The van der Waals surface area contributed by atoms with Gasteiger partial charge in [0.25, 0.3) is 0 Å². The molecule has 1 N–H and O–H groups in total. The number of hydrogen-bond donors (Lipinski definition) is 1. The molecular weight excluding hydrogens is 220 g/mol. The average molecular weight is 250 g/mol. The summed E-state index contributed by atoms with van der Waals surface area (Å²) in [5.41, 5.74) is 2.01. The number of nitrogens with one attached hydrogen (secondary N) is 1. The molecule has 0 amide bonds. The van der Waals surface area contributed by atoms with Crippen LogP contribution in [0.3, 0.4) is 0 Å². The smallest absolute Gasteiger partial charge is 0.0195 e. The van der Waals surface area contributed by atoms with Crippen LogP contribution < -0.4 is 5.32 Å². The Morgan fingerprint density at radius 1 is 1.28 bits per heavy atom. The van der Waals surface area contributed by atoms with Gasteiger partial charge in [0.15, 0.2) is 0 Å². The van der Waals surface area contributed by atoms with Gasteiger partial charge in [-0.15, -0.1) is 0 Å². The molecule has 2 nitrogen and oxygen atoms in total. The molecule has 1 saturated heterocycles. The van der Waals surface area contributed by atoms with E-state index in [9.17, 15) is 0 Å². The Labute approximate surface area is 113 Å². The maximum Gasteiger partial charge on any atom is 0.0195 e. The molecule has 2 aliphatic rings. The van der Waals surface area contributed by atoms with Crippen molar-refractivity contribution in [3.63, 3.8) is 0 Å². The summed E-state index contributed by atoms with van der Waals surface area (Å²) in [7, 11) is 0. The highest BCUT2D eigenvalue weighted by Gasteiger charge is 2.22. The molecule has 0 aromatic rings. The first kappa shape index (κ1) is 14.1. The highest BCUT2D eigenvalue weighted by Crippen LogP contribution is 2.30. The van der Waals surface area contributed by atoms with Crippen LogP contribution in [0.25, 0.3) is 0 Å². The molecule has 0 spiro atoms. The first-order valence-corrected chi connectivity index (χ1v) is 7.71. The van der Waals surface area contributed by atoms with E-state index in [-0.39, 0.29) is 0 Å². The Morgan fingerprint density at radius 3 is 2.78 bits per heavy atom. The van der Waals surface area contributed by atoms with E-state index < -0.39 is 0 Å². The summed E-state index contributed by atoms with van der Waals surface area (Å²) in [4.78, 5) is 2.62. The molecule has 104 valence electrons. The first-order chi connectivity index (χ1) is 8.55. The van der Waals surface area contributed by atoms with Crippen molar-refractivity contribution in [2.45, 2.75) is 58.9 Å². The van der Waals surface area contributed by atoms with E-state index in [2.05, 4.69) is 37.1 Å². The standard InChI is InChI=1S/C16H30N2/c1-16(2,3)14-8-11-18(12-9-14)13-15-7-5-4-6-10-17-15/h8,15,17H,4-7,9-13H2,1-3H3. The summed E-state index contributed by atoms with van der Waals surface area (Å²) in [5, 5.41) is 3.71. The molecule has 0 aliphatic carbocycles. The second kappa shape index (κ2) is 6.21. The number of rotatable bonds is 2. The minimum Gasteiger partial charge on any atom is -0.313 e. The molecular formula is C16H30N2. The van der Waals surface area contributed by atoms with E-state index in [0.29, 0.717) is 5.41 Å². The predicted octanol–water partition coefficient (Wildman–Crippen LogP) is 3.20. The van der Waals surface area contributed by atoms with Crippen molar-refractivity contribution in [2.24, 2.45) is 5.41 Å². The molecule has 2 rings (SSSR count). The topological polar surface area (TPSA) is 15.3 Å². The van der Waals surface area contributed by atoms with E-state index in [0.717, 1.165) is 12.6 Å². The van der Waals surface area contributed by atoms with Gasteiger partial charge in [0.05, 0.1) is 0 Å². The molecule has 0 radical (unpaired) electrons. The molecule has 0 bridgehead atoms. The Morgan fingerprint density at radius 2 is 2.11 bits per heavy atom. The minimum atomic E-state index is 0.368. The molecule has 0 aromatic carbocycles. The van der Waals surface area contributed by atoms with Crippen LogP contribution in [0, 0.1) is 5.41 Å². The molecule has 18 heavy (non-hydrogen) atoms. The van der Waals surface area contributed by atoms with Gasteiger partial charge in [0, 0.05) is 25.7 Å². The molecule has 2 aliphatic heterocycles. The molecule has 0 aromatic heterocycles. The number of hydrogen-bond acceptors (Lipinski definition) is 2. The van der Waals surface area contributed by atoms with Crippen molar-refractivity contribution in [3.05, 3.63) is 11.6 Å². The average Bonchev–Trinajstić information content (AvgIpc) is 2.57. The van der Waals surface area contributed by atoms with Crippen molar-refractivity contribution < 1.29 is 0 Å². The quantitative estimate of drug-likeness (QED) is 0.757. The highest BCUT2D eigenvalue weighted by molar-refractivity contribution is 5.14. The lowest BCUT2D eigenvalue weighted by Gasteiger charge is -2.34. The second-order valence-electron chi connectivity index (χ2n) is 6.99. The third kappa shape index (κ3) is 4.10. The fraction of sp³-hybridized carbons (Fsp3) is 0.875. The largest absolute Gasteiger partial charge is 0.313 e. The SMILES string of the molecule is CC(C)(C)C1=CCN(CC2CCCCCN2)CC1. The lowest BCUT2D eigenvalue weighted by molar-refractivity contribution is 0.245. The lowest BCUT2D eigenvalue weighted by atomic mass is 9.83. The zero-order valence-electron chi connectivity index (χ0n) is 12.5. The lowest BCUT2D eigenvalue weighted by Crippen LogP contribution is -2.42. The van der Waals surface area contributed by atoms with Crippen LogP contribution in [0.5, 0.6) is 0 Å². The van der Waals surface area contributed by atoms with Gasteiger partial charge in [0.1, 0.15) is 0 Å². The zero-order valence-corrected chi connectivity index (χ0v) is 12.5. The van der Waals surface area contributed by atoms with E-state index in [1.807, 2.05) is 0 Å². The maximum atomic E-state index is 3.71. The third-order valence-electron chi connectivity index (χ3n) is 4.40. The zero-order chi connectivity index (χ0) is 13.0. The van der Waals surface area contributed by atoms with E-state index in [1.54, 1.807) is 5.57 Å². The van der Waals surface area contributed by atoms with E-state index in [4.69, 9.17) is 0 Å². The van der Waals surface area contributed by atoms with Crippen LogP contribution in [-0.4, -0.2) is 37.1 Å². The van der Waals surface area contributed by atoms with Gasteiger partial charge in [-0.2, -0.15) is 0 Å². The van der Waals surface area contributed by atoms with Crippen LogP contribution in [0.15, 0.2) is 11.6 Å². The van der Waals surface area contributed by atoms with Crippen molar-refractivity contribution in [3.8, 4) is 0 Å². The fourth-order valence-corrected chi connectivity index (χ4v) is 3.13. The van der Waals surface area contributed by atoms with Crippen LogP contribution in [-0.2, 0) is 0 Å². The van der Waals surface area contributed by atoms with Crippen LogP contribution in [0.4, 0.5) is 0 Å². The Hall–Kier alpha value is -0.340. The summed E-state index contributed by atoms with van der Waals surface area (Å²) < 4.78 is 0. The van der Waals surface area contributed by atoms with Crippen molar-refractivity contribution in [1.29, 1.82) is 0 Å². The molecule has 2 heteroatoms. The van der Waals surface area contributed by atoms with Crippen molar-refractivity contribution >= 4 is 0 Å². The van der Waals surface area contributed by atoms with Crippen LogP contribution in [0.1, 0.15) is 52.9 Å². The van der Waals surface area contributed by atoms with Crippen molar-refractivity contribution in [1.82, 2.24) is 10.2 Å². The van der Waals surface area contributed by atoms with Gasteiger partial charge in [-0.3, -0.25) is 4.90 Å². The summed E-state index contributed by atoms with van der Waals surface area (Å²) in [6.45, 7) is 11.9. The first-order valence-electron chi connectivity index (χ1n) is 7.71. The Balaban J connectivity index is 1.80. The molecule has 1 unspecified atom stereocenters. The monoisotopic (exact) mass is 250 g/mol. The molecule has 2 heterocycles. The second-order valence-corrected chi connectivity index (χ2v) is 6.99. The van der Waals surface area contributed by atoms with Gasteiger partial charge >= 0.3 is 0 Å². The predicted molar refractivity (Wildman–Crippen MR) is 78.9 cm³/mol. The van der Waals surface area contributed by atoms with Crippen molar-refractivity contribution in [2.75, 3.05) is 26.2 Å². The van der Waals surface area contributed by atoms with Crippen LogP contribution in [0.2, 0.25) is 0 Å². The normalized spacial score (nSPS) is 27.7. The van der Waals surface area contributed by atoms with Gasteiger partial charge in [-0.1, -0.05) is 45.3 Å². The van der Waals surface area contributed by atoms with Gasteiger partial charge < -0.3 is 5.32 Å². The maximum absolute atomic E-state index is 3.71. The number of nitrogens with zero attached hydrogens (tertiary/aromatic N) is 1. The molecule has 0 saturated carbocycles. The summed E-state index contributed by atoms with van der Waals surface area (Å²) >= 11 is 0. The Bertz CT molecular complexity index is 280. The van der Waals surface area contributed by atoms with Crippen LogP contribution >= 0.6 is 0 Å². The molecule has 1 fully saturated rings. The van der Waals surface area contributed by atoms with Gasteiger partial charge in [-0.25, -0.2) is 0 Å². The van der Waals surface area contributed by atoms with E-state index >= 15 is 0 Å². The third-order valence-corrected chi connectivity index (χ3v) is 4.40. The highest BCUT2D eigenvalue weighted by atomic mass is 15.1. The molecule has 1 atom stereocenters. The van der Waals surface area contributed by atoms with E-state index in [1.165, 1.54) is 51.7 Å². The summed E-state index contributed by atoms with van der Waals surface area (Å²) in [6.07, 6.45) is 9.29. The summed E-state index contributed by atoms with van der Waals surface area (Å²) in [6, 6.07) is 0.733. The Kier molecular flexibility index (Phi) is 4.85. The van der Waals surface area contributed by atoms with Gasteiger partial charge in [0.2, 0.25) is 0 Å². The fourth-order valence-electron chi connectivity index (χ4n) is 3.13. The minimum absolute atomic E-state index is 0.368.